The molecule has 0 aliphatic carbocycles. The van der Waals surface area contributed by atoms with Crippen molar-refractivity contribution in [2.75, 3.05) is 0 Å². The summed E-state index contributed by atoms with van der Waals surface area (Å²) in [5, 5.41) is 0. The van der Waals surface area contributed by atoms with Crippen molar-refractivity contribution in [3.8, 4) is 25.7 Å². The number of hydrogen-bond acceptors (Lipinski definition) is 1. The summed E-state index contributed by atoms with van der Waals surface area (Å²) in [6, 6.07) is 9.10. The third-order valence-corrected chi connectivity index (χ3v) is 0.936. The molecule has 0 saturated heterocycles. The fraction of sp³-hybridized carbons (Fsp3) is 0. The van der Waals surface area contributed by atoms with E-state index in [9.17, 15) is 4.79 Å². The molecule has 0 radical (unpaired) electrons. The molecule has 0 fully saturated rings. The zero-order chi connectivity index (χ0) is 9.82. The lowest BCUT2D eigenvalue weighted by Gasteiger charge is -1.81. The van der Waals surface area contributed by atoms with Crippen molar-refractivity contribution in [3.05, 3.63) is 35.9 Å². The van der Waals surface area contributed by atoms with E-state index in [2.05, 4.69) is 25.7 Å². The minimum Gasteiger partial charge on any atom is -0.298 e. The van der Waals surface area contributed by atoms with Crippen LogP contribution in [0.1, 0.15) is 10.4 Å². The minimum absolute atomic E-state index is 0.729. The normalized spacial score (nSPS) is 6.00. The van der Waals surface area contributed by atoms with Crippen molar-refractivity contribution in [1.82, 2.24) is 0 Å². The maximum absolute atomic E-state index is 10.0. The maximum atomic E-state index is 10.0. The minimum atomic E-state index is 0.729. The first-order chi connectivity index (χ1) is 5.93. The van der Waals surface area contributed by atoms with E-state index in [0.717, 1.165) is 11.8 Å². The molecular weight excluding hydrogens is 148 g/mol. The number of benzene rings is 1. The molecule has 0 amide bonds. The molecule has 0 aliphatic heterocycles. The molecule has 1 aromatic rings. The van der Waals surface area contributed by atoms with Crippen LogP contribution in [0.2, 0.25) is 0 Å². The summed E-state index contributed by atoms with van der Waals surface area (Å²) in [5.74, 6) is 0. The van der Waals surface area contributed by atoms with Gasteiger partial charge in [-0.05, 0) is 0 Å². The highest BCUT2D eigenvalue weighted by molar-refractivity contribution is 5.74. The van der Waals surface area contributed by atoms with E-state index in [1.807, 2.05) is 18.2 Å². The molecule has 1 heteroatoms. The van der Waals surface area contributed by atoms with Crippen molar-refractivity contribution in [2.45, 2.75) is 0 Å². The lowest BCUT2D eigenvalue weighted by atomic mass is 10.2. The molecule has 0 heterocycles. The van der Waals surface area contributed by atoms with Gasteiger partial charge in [0.25, 0.3) is 0 Å². The Hall–Kier alpha value is -1.99. The average molecular weight is 158 g/mol. The summed E-state index contributed by atoms with van der Waals surface area (Å²) >= 11 is 0. The van der Waals surface area contributed by atoms with Crippen molar-refractivity contribution in [1.29, 1.82) is 0 Å². The van der Waals surface area contributed by atoms with E-state index in [1.54, 1.807) is 12.1 Å². The molecule has 0 aliphatic rings. The molecule has 12 heavy (non-hydrogen) atoms. The van der Waals surface area contributed by atoms with Gasteiger partial charge in [-0.2, -0.15) is 0 Å². The number of hydrogen-bond donors (Lipinski definition) is 0. The second kappa shape index (κ2) is 11.8. The molecule has 0 N–H and O–H groups in total. The number of terminal acetylenes is 2. The highest BCUT2D eigenvalue weighted by Gasteiger charge is 1.79. The Morgan fingerprint density at radius 1 is 0.917 bits per heavy atom. The number of rotatable bonds is 1. The van der Waals surface area contributed by atoms with Gasteiger partial charge >= 0.3 is 0 Å². The molecule has 1 rings (SSSR count). The second-order valence-corrected chi connectivity index (χ2v) is 1.53. The summed E-state index contributed by atoms with van der Waals surface area (Å²) < 4.78 is 0. The molecule has 1 aromatic carbocycles. The number of carbonyl (C=O) groups excluding carboxylic acids is 1. The smallest absolute Gasteiger partial charge is 0.150 e. The molecule has 0 spiro atoms. The van der Waals surface area contributed by atoms with E-state index in [-0.39, 0.29) is 0 Å². The SMILES string of the molecule is C#C.C#C.O=Cc1ccccc1. The molecule has 0 bridgehead atoms. The summed E-state index contributed by atoms with van der Waals surface area (Å²) in [5.41, 5.74) is 0.729. The van der Waals surface area contributed by atoms with Crippen LogP contribution in [0.3, 0.4) is 0 Å². The first-order valence-electron chi connectivity index (χ1n) is 3.10. The van der Waals surface area contributed by atoms with Crippen LogP contribution in [-0.2, 0) is 0 Å². The van der Waals surface area contributed by atoms with Gasteiger partial charge in [0.1, 0.15) is 6.29 Å². The molecule has 0 aromatic heterocycles. The van der Waals surface area contributed by atoms with Gasteiger partial charge in [-0.15, -0.1) is 25.7 Å². The van der Waals surface area contributed by atoms with Crippen LogP contribution < -0.4 is 0 Å². The number of carbonyl (C=O) groups is 1. The predicted molar refractivity (Wildman–Crippen MR) is 51.6 cm³/mol. The summed E-state index contributed by atoms with van der Waals surface area (Å²) in [7, 11) is 0. The first kappa shape index (κ1) is 12.7. The van der Waals surface area contributed by atoms with Gasteiger partial charge in [-0.1, -0.05) is 30.3 Å². The van der Waals surface area contributed by atoms with Crippen LogP contribution in [-0.4, -0.2) is 6.29 Å². The van der Waals surface area contributed by atoms with Crippen molar-refractivity contribution >= 4 is 6.29 Å². The van der Waals surface area contributed by atoms with Gasteiger partial charge in [0.15, 0.2) is 0 Å². The van der Waals surface area contributed by atoms with Gasteiger partial charge in [0, 0.05) is 5.56 Å². The van der Waals surface area contributed by atoms with Gasteiger partial charge in [0.05, 0.1) is 0 Å². The van der Waals surface area contributed by atoms with E-state index < -0.39 is 0 Å². The van der Waals surface area contributed by atoms with Crippen LogP contribution in [0.25, 0.3) is 0 Å². The van der Waals surface area contributed by atoms with Gasteiger partial charge in [-0.25, -0.2) is 0 Å². The van der Waals surface area contributed by atoms with Crippen LogP contribution in [0, 0.1) is 25.7 Å². The van der Waals surface area contributed by atoms with E-state index in [4.69, 9.17) is 0 Å². The molecule has 60 valence electrons. The highest BCUT2D eigenvalue weighted by Crippen LogP contribution is 1.91. The van der Waals surface area contributed by atoms with Crippen LogP contribution in [0.5, 0.6) is 0 Å². The molecule has 0 saturated carbocycles. The molecule has 0 unspecified atom stereocenters. The summed E-state index contributed by atoms with van der Waals surface area (Å²) in [6.45, 7) is 0. The molecule has 1 nitrogen and oxygen atoms in total. The Labute approximate surface area is 73.4 Å². The Morgan fingerprint density at radius 3 is 1.58 bits per heavy atom. The Morgan fingerprint density at radius 2 is 1.33 bits per heavy atom. The fourth-order valence-electron chi connectivity index (χ4n) is 0.532. The number of aldehydes is 1. The largest absolute Gasteiger partial charge is 0.298 e. The Bertz CT molecular complexity index is 225. The zero-order valence-corrected chi connectivity index (χ0v) is 6.68. The van der Waals surface area contributed by atoms with Crippen LogP contribution >= 0.6 is 0 Å². The van der Waals surface area contributed by atoms with Crippen molar-refractivity contribution < 1.29 is 4.79 Å². The van der Waals surface area contributed by atoms with Gasteiger partial charge in [-0.3, -0.25) is 4.79 Å². The third kappa shape index (κ3) is 6.13. The predicted octanol–water partition coefficient (Wildman–Crippen LogP) is 2.00. The topological polar surface area (TPSA) is 17.1 Å². The van der Waals surface area contributed by atoms with Gasteiger partial charge < -0.3 is 0 Å². The average Bonchev–Trinajstić information content (AvgIpc) is 2.25. The van der Waals surface area contributed by atoms with Crippen molar-refractivity contribution in [3.63, 3.8) is 0 Å². The standard InChI is InChI=1S/C7H6O.2C2H2/c8-6-7-4-2-1-3-5-7;2*1-2/h1-6H;2*1-2H. The zero-order valence-electron chi connectivity index (χ0n) is 6.68. The monoisotopic (exact) mass is 158 g/mol. The Kier molecular flexibility index (Phi) is 12.4. The van der Waals surface area contributed by atoms with E-state index in [1.165, 1.54) is 0 Å². The lowest BCUT2D eigenvalue weighted by molar-refractivity contribution is 0.112. The molecule has 0 atom stereocenters. The summed E-state index contributed by atoms with van der Waals surface area (Å²) in [6.07, 6.45) is 16.8. The molecular formula is C11H10O. The highest BCUT2D eigenvalue weighted by atomic mass is 16.1. The third-order valence-electron chi connectivity index (χ3n) is 0.936. The van der Waals surface area contributed by atoms with Crippen molar-refractivity contribution in [2.24, 2.45) is 0 Å². The van der Waals surface area contributed by atoms with Gasteiger partial charge in [0.2, 0.25) is 0 Å². The van der Waals surface area contributed by atoms with Crippen LogP contribution in [0.15, 0.2) is 30.3 Å². The van der Waals surface area contributed by atoms with E-state index in [0.29, 0.717) is 0 Å². The van der Waals surface area contributed by atoms with Crippen LogP contribution in [0.4, 0.5) is 0 Å². The maximum Gasteiger partial charge on any atom is 0.150 e. The Balaban J connectivity index is 0. The quantitative estimate of drug-likeness (QED) is 0.451. The first-order valence-corrected chi connectivity index (χ1v) is 3.10. The summed E-state index contributed by atoms with van der Waals surface area (Å²) in [4.78, 5) is 10.0. The fourth-order valence-corrected chi connectivity index (χ4v) is 0.532. The second-order valence-electron chi connectivity index (χ2n) is 1.53. The lowest BCUT2D eigenvalue weighted by Crippen LogP contribution is -1.73. The van der Waals surface area contributed by atoms with E-state index >= 15 is 0 Å².